The fourth-order valence-electron chi connectivity index (χ4n) is 1.22. The van der Waals surface area contributed by atoms with Crippen LogP contribution >= 0.6 is 0 Å². The molecule has 0 radical (unpaired) electrons. The first-order valence-electron chi connectivity index (χ1n) is 5.26. The van der Waals surface area contributed by atoms with Gasteiger partial charge in [-0.25, -0.2) is 0 Å². The van der Waals surface area contributed by atoms with Gasteiger partial charge in [-0.2, -0.15) is 0 Å². The van der Waals surface area contributed by atoms with Crippen LogP contribution in [0.4, 0.5) is 0 Å². The van der Waals surface area contributed by atoms with Gasteiger partial charge in [0.05, 0.1) is 0 Å². The number of hydrogen-bond donors (Lipinski definition) is 3. The smallest absolute Gasteiger partial charge is 0.251 e. The van der Waals surface area contributed by atoms with Crippen molar-refractivity contribution in [2.75, 3.05) is 6.54 Å². The Bertz CT molecular complexity index is 436. The number of hydrogen-bond acceptors (Lipinski definition) is 3. The van der Waals surface area contributed by atoms with Crippen molar-refractivity contribution in [3.05, 3.63) is 35.4 Å². The molecule has 1 aromatic carbocycles. The summed E-state index contributed by atoms with van der Waals surface area (Å²) in [6.45, 7) is 3.98. The maximum absolute atomic E-state index is 11.7. The van der Waals surface area contributed by atoms with Crippen LogP contribution in [0.2, 0.25) is 0 Å². The predicted molar refractivity (Wildman–Crippen MR) is 65.6 cm³/mol. The SMILES string of the molecule is CC(C)(N)CNC(=O)c1cccc(C(N)=O)c1. The summed E-state index contributed by atoms with van der Waals surface area (Å²) >= 11 is 0. The summed E-state index contributed by atoms with van der Waals surface area (Å²) in [5, 5.41) is 2.69. The average Bonchev–Trinajstić information content (AvgIpc) is 2.25. The number of nitrogens with two attached hydrogens (primary N) is 2. The second kappa shape index (κ2) is 4.97. The lowest BCUT2D eigenvalue weighted by molar-refractivity contribution is 0.0946. The third-order valence-corrected chi connectivity index (χ3v) is 2.11. The Labute approximate surface area is 100 Å². The van der Waals surface area contributed by atoms with Crippen LogP contribution in [0.25, 0.3) is 0 Å². The van der Waals surface area contributed by atoms with E-state index in [-0.39, 0.29) is 5.91 Å². The maximum atomic E-state index is 11.7. The van der Waals surface area contributed by atoms with Crippen LogP contribution in [0.3, 0.4) is 0 Å². The number of amides is 2. The Morgan fingerprint density at radius 2 is 1.88 bits per heavy atom. The Morgan fingerprint density at radius 3 is 2.41 bits per heavy atom. The highest BCUT2D eigenvalue weighted by molar-refractivity contribution is 5.99. The lowest BCUT2D eigenvalue weighted by atomic mass is 10.1. The lowest BCUT2D eigenvalue weighted by Crippen LogP contribution is -2.45. The fraction of sp³-hybridized carbons (Fsp3) is 0.333. The van der Waals surface area contributed by atoms with E-state index in [4.69, 9.17) is 11.5 Å². The molecule has 0 atom stereocenters. The highest BCUT2D eigenvalue weighted by atomic mass is 16.2. The summed E-state index contributed by atoms with van der Waals surface area (Å²) in [5.41, 5.74) is 11.1. The van der Waals surface area contributed by atoms with Crippen LogP contribution in [0, 0.1) is 0 Å². The molecular weight excluding hydrogens is 218 g/mol. The molecule has 92 valence electrons. The van der Waals surface area contributed by atoms with Gasteiger partial charge >= 0.3 is 0 Å². The summed E-state index contributed by atoms with van der Waals surface area (Å²) in [6.07, 6.45) is 0. The van der Waals surface area contributed by atoms with Crippen LogP contribution in [0.1, 0.15) is 34.6 Å². The molecule has 1 rings (SSSR count). The zero-order valence-corrected chi connectivity index (χ0v) is 9.99. The lowest BCUT2D eigenvalue weighted by Gasteiger charge is -2.18. The van der Waals surface area contributed by atoms with Gasteiger partial charge in [0, 0.05) is 23.2 Å². The van der Waals surface area contributed by atoms with E-state index in [1.54, 1.807) is 18.2 Å². The second-order valence-electron chi connectivity index (χ2n) is 4.62. The van der Waals surface area contributed by atoms with Gasteiger partial charge in [-0.1, -0.05) is 6.07 Å². The average molecular weight is 235 g/mol. The summed E-state index contributed by atoms with van der Waals surface area (Å²) in [4.78, 5) is 22.7. The minimum atomic E-state index is -0.557. The first-order chi connectivity index (χ1) is 7.79. The van der Waals surface area contributed by atoms with E-state index in [0.29, 0.717) is 17.7 Å². The third kappa shape index (κ3) is 4.24. The van der Waals surface area contributed by atoms with E-state index in [9.17, 15) is 9.59 Å². The van der Waals surface area contributed by atoms with E-state index in [0.717, 1.165) is 0 Å². The molecule has 0 saturated carbocycles. The standard InChI is InChI=1S/C12H17N3O2/c1-12(2,14)7-15-11(17)9-5-3-4-8(6-9)10(13)16/h3-6H,7,14H2,1-2H3,(H2,13,16)(H,15,17). The van der Waals surface area contributed by atoms with Gasteiger partial charge in [-0.3, -0.25) is 9.59 Å². The molecule has 5 nitrogen and oxygen atoms in total. The van der Waals surface area contributed by atoms with Crippen LogP contribution in [0.15, 0.2) is 24.3 Å². The molecule has 0 saturated heterocycles. The topological polar surface area (TPSA) is 98.2 Å². The molecule has 0 aliphatic rings. The number of carbonyl (C=O) groups is 2. The largest absolute Gasteiger partial charge is 0.366 e. The first-order valence-corrected chi connectivity index (χ1v) is 5.26. The second-order valence-corrected chi connectivity index (χ2v) is 4.62. The van der Waals surface area contributed by atoms with Crippen LogP contribution in [0.5, 0.6) is 0 Å². The minimum absolute atomic E-state index is 0.272. The van der Waals surface area contributed by atoms with Crippen molar-refractivity contribution in [1.82, 2.24) is 5.32 Å². The minimum Gasteiger partial charge on any atom is -0.366 e. The molecule has 0 unspecified atom stereocenters. The Hall–Kier alpha value is -1.88. The van der Waals surface area contributed by atoms with E-state index in [2.05, 4.69) is 5.32 Å². The summed E-state index contributed by atoms with van der Waals surface area (Å²) in [7, 11) is 0. The molecule has 0 aliphatic heterocycles. The van der Waals surface area contributed by atoms with Crippen molar-refractivity contribution in [3.63, 3.8) is 0 Å². The zero-order valence-electron chi connectivity index (χ0n) is 9.99. The molecule has 5 N–H and O–H groups in total. The quantitative estimate of drug-likeness (QED) is 0.697. The fourth-order valence-corrected chi connectivity index (χ4v) is 1.22. The predicted octanol–water partition coefficient (Wildman–Crippen LogP) is 0.253. The number of benzene rings is 1. The highest BCUT2D eigenvalue weighted by Crippen LogP contribution is 2.05. The molecule has 0 spiro atoms. The number of carbonyl (C=O) groups excluding carboxylic acids is 2. The van der Waals surface area contributed by atoms with Crippen molar-refractivity contribution in [1.29, 1.82) is 0 Å². The Kier molecular flexibility index (Phi) is 3.85. The van der Waals surface area contributed by atoms with Crippen molar-refractivity contribution in [3.8, 4) is 0 Å². The Morgan fingerprint density at radius 1 is 1.29 bits per heavy atom. The van der Waals surface area contributed by atoms with Crippen molar-refractivity contribution < 1.29 is 9.59 Å². The molecule has 1 aromatic rings. The number of primary amides is 1. The maximum Gasteiger partial charge on any atom is 0.251 e. The van der Waals surface area contributed by atoms with Gasteiger partial charge in [0.25, 0.3) is 5.91 Å². The Balaban J connectivity index is 2.76. The van der Waals surface area contributed by atoms with Gasteiger partial charge < -0.3 is 16.8 Å². The molecular formula is C12H17N3O2. The number of nitrogens with one attached hydrogen (secondary N) is 1. The molecule has 17 heavy (non-hydrogen) atoms. The third-order valence-electron chi connectivity index (χ3n) is 2.11. The van der Waals surface area contributed by atoms with Gasteiger partial charge in [-0.15, -0.1) is 0 Å². The summed E-state index contributed by atoms with van der Waals surface area (Å²) in [5.74, 6) is -0.828. The van der Waals surface area contributed by atoms with Crippen molar-refractivity contribution in [2.24, 2.45) is 11.5 Å². The van der Waals surface area contributed by atoms with Crippen LogP contribution < -0.4 is 16.8 Å². The molecule has 0 aliphatic carbocycles. The van der Waals surface area contributed by atoms with Crippen LogP contribution in [-0.2, 0) is 0 Å². The molecule has 0 fully saturated rings. The van der Waals surface area contributed by atoms with Crippen molar-refractivity contribution >= 4 is 11.8 Å². The van der Waals surface area contributed by atoms with Gasteiger partial charge in [-0.05, 0) is 32.0 Å². The zero-order chi connectivity index (χ0) is 13.1. The summed E-state index contributed by atoms with van der Waals surface area (Å²) in [6, 6.07) is 6.25. The van der Waals surface area contributed by atoms with Crippen molar-refractivity contribution in [2.45, 2.75) is 19.4 Å². The van der Waals surface area contributed by atoms with E-state index < -0.39 is 11.4 Å². The molecule has 0 bridgehead atoms. The monoisotopic (exact) mass is 235 g/mol. The molecule has 2 amide bonds. The van der Waals surface area contributed by atoms with E-state index >= 15 is 0 Å². The van der Waals surface area contributed by atoms with Crippen LogP contribution in [-0.4, -0.2) is 23.9 Å². The normalized spacial score (nSPS) is 11.0. The van der Waals surface area contributed by atoms with Gasteiger partial charge in [0.15, 0.2) is 0 Å². The molecule has 0 heterocycles. The highest BCUT2D eigenvalue weighted by Gasteiger charge is 2.14. The number of rotatable bonds is 4. The summed E-state index contributed by atoms with van der Waals surface area (Å²) < 4.78 is 0. The van der Waals surface area contributed by atoms with Gasteiger partial charge in [0.1, 0.15) is 0 Å². The van der Waals surface area contributed by atoms with Gasteiger partial charge in [0.2, 0.25) is 5.91 Å². The van der Waals surface area contributed by atoms with E-state index in [1.165, 1.54) is 6.07 Å². The molecule has 0 aromatic heterocycles. The first kappa shape index (κ1) is 13.2. The molecule has 5 heteroatoms. The van der Waals surface area contributed by atoms with E-state index in [1.807, 2.05) is 13.8 Å².